The third-order valence-electron chi connectivity index (χ3n) is 9.44. The van der Waals surface area contributed by atoms with E-state index < -0.39 is 0 Å². The highest BCUT2D eigenvalue weighted by Crippen LogP contribution is 2.34. The molecule has 6 aliphatic heterocycles. The number of rotatable bonds is 7. The molecule has 6 saturated heterocycles. The van der Waals surface area contributed by atoms with Gasteiger partial charge in [0.1, 0.15) is 45.4 Å². The zero-order valence-corrected chi connectivity index (χ0v) is 19.6. The molecule has 0 unspecified atom stereocenters. The molecule has 29 heavy (non-hydrogen) atoms. The second-order valence-corrected chi connectivity index (χ2v) is 12.2. The van der Waals surface area contributed by atoms with Crippen LogP contribution < -0.4 is 0 Å². The summed E-state index contributed by atoms with van der Waals surface area (Å²) in [5.74, 6) is 1.07. The quantitative estimate of drug-likeness (QED) is 0.478. The minimum absolute atomic E-state index is 0.0126. The summed E-state index contributed by atoms with van der Waals surface area (Å²) in [7, 11) is 0. The summed E-state index contributed by atoms with van der Waals surface area (Å²) in [6, 6.07) is 0. The van der Waals surface area contributed by atoms with Crippen LogP contribution in [0.15, 0.2) is 0 Å². The highest BCUT2D eigenvalue weighted by atomic mass is 16.5. The predicted molar refractivity (Wildman–Crippen MR) is 116 cm³/mol. The van der Waals surface area contributed by atoms with Gasteiger partial charge in [0.25, 0.3) is 0 Å². The van der Waals surface area contributed by atoms with Crippen LogP contribution in [0.4, 0.5) is 0 Å². The van der Waals surface area contributed by atoms with Gasteiger partial charge >= 0.3 is 5.97 Å². The minimum Gasteiger partial charge on any atom is -0.458 e. The minimum atomic E-state index is -0.0231. The molecule has 5 heteroatoms. The van der Waals surface area contributed by atoms with Crippen LogP contribution in [0.3, 0.4) is 0 Å². The molecule has 6 heterocycles. The monoisotopic (exact) mass is 408 g/mol. The van der Waals surface area contributed by atoms with Gasteiger partial charge < -0.3 is 18.2 Å². The molecule has 0 aromatic rings. The van der Waals surface area contributed by atoms with E-state index in [1.54, 1.807) is 0 Å². The van der Waals surface area contributed by atoms with Crippen molar-refractivity contribution < 1.29 is 23.0 Å². The summed E-state index contributed by atoms with van der Waals surface area (Å²) < 4.78 is 9.54. The maximum absolute atomic E-state index is 12.6. The zero-order valence-electron chi connectivity index (χ0n) is 19.6. The van der Waals surface area contributed by atoms with Gasteiger partial charge in [-0.3, -0.25) is 0 Å². The van der Waals surface area contributed by atoms with Gasteiger partial charge in [-0.2, -0.15) is 0 Å². The highest BCUT2D eigenvalue weighted by molar-refractivity contribution is 5.70. The standard InChI is InChI=1S/C24H46N3O2/c1-21(24(2,3)4)29-23(28)20-27-17-14-26(15-18-27,16-19-27)10-5-9-25-11-6-22(7-12-25)8-13-25/h21-22H,5-20H2,1-4H3/q+3/t21-,22?,25?,26?,27?/m1/s1. The SMILES string of the molecule is C[C@@H](OC(=O)C[N+]12CC[N+](CCC[N+]34CCC(CC3)CC4)(CC1)CC2)C(C)(C)C. The van der Waals surface area contributed by atoms with Gasteiger partial charge in [-0.25, -0.2) is 4.79 Å². The van der Waals surface area contributed by atoms with Crippen molar-refractivity contribution in [2.45, 2.75) is 59.5 Å². The Morgan fingerprint density at radius 1 is 0.828 bits per heavy atom. The summed E-state index contributed by atoms with van der Waals surface area (Å²) in [4.78, 5) is 12.6. The van der Waals surface area contributed by atoms with Crippen molar-refractivity contribution >= 4 is 5.97 Å². The van der Waals surface area contributed by atoms with E-state index >= 15 is 0 Å². The van der Waals surface area contributed by atoms with E-state index in [-0.39, 0.29) is 17.5 Å². The van der Waals surface area contributed by atoms with E-state index in [2.05, 4.69) is 20.8 Å². The lowest BCUT2D eigenvalue weighted by atomic mass is 9.85. The zero-order chi connectivity index (χ0) is 20.8. The molecule has 0 aromatic heterocycles. The van der Waals surface area contributed by atoms with E-state index in [1.807, 2.05) is 6.92 Å². The molecule has 0 N–H and O–H groups in total. The number of quaternary nitrogens is 3. The Morgan fingerprint density at radius 2 is 1.28 bits per heavy atom. The van der Waals surface area contributed by atoms with Gasteiger partial charge in [0.05, 0.1) is 32.7 Å². The number of hydrogen-bond acceptors (Lipinski definition) is 2. The number of carbonyl (C=O) groups is 1. The Balaban J connectivity index is 1.23. The smallest absolute Gasteiger partial charge is 0.362 e. The van der Waals surface area contributed by atoms with Crippen molar-refractivity contribution in [3.8, 4) is 0 Å². The molecule has 0 amide bonds. The molecule has 0 aliphatic carbocycles. The van der Waals surface area contributed by atoms with E-state index in [0.717, 1.165) is 10.4 Å². The van der Waals surface area contributed by atoms with Crippen molar-refractivity contribution in [1.29, 1.82) is 0 Å². The van der Waals surface area contributed by atoms with Crippen LogP contribution in [0.5, 0.6) is 0 Å². The highest BCUT2D eigenvalue weighted by Gasteiger charge is 2.50. The lowest BCUT2D eigenvalue weighted by Crippen LogP contribution is -2.76. The first kappa shape index (κ1) is 21.6. The number of piperidine rings is 3. The molecule has 6 fully saturated rings. The second-order valence-electron chi connectivity index (χ2n) is 12.2. The summed E-state index contributed by atoms with van der Waals surface area (Å²) in [6.45, 7) is 23.5. The number of hydrogen-bond donors (Lipinski definition) is 0. The van der Waals surface area contributed by atoms with Gasteiger partial charge in [0.15, 0.2) is 6.54 Å². The van der Waals surface area contributed by atoms with Gasteiger partial charge in [0.2, 0.25) is 0 Å². The number of nitrogens with zero attached hydrogens (tertiary/aromatic N) is 3. The largest absolute Gasteiger partial charge is 0.458 e. The fourth-order valence-electron chi connectivity index (χ4n) is 6.42. The van der Waals surface area contributed by atoms with Crippen LogP contribution in [0.2, 0.25) is 0 Å². The molecule has 0 saturated carbocycles. The number of ether oxygens (including phenoxy) is 1. The topological polar surface area (TPSA) is 26.3 Å². The normalized spacial score (nSPS) is 40.1. The van der Waals surface area contributed by atoms with Crippen LogP contribution >= 0.6 is 0 Å². The Bertz CT molecular complexity index is 565. The first-order valence-electron chi connectivity index (χ1n) is 12.4. The number of piperazine rings is 3. The van der Waals surface area contributed by atoms with Gasteiger partial charge in [-0.1, -0.05) is 20.8 Å². The summed E-state index contributed by atoms with van der Waals surface area (Å²) in [6.07, 6.45) is 5.85. The molecule has 0 spiro atoms. The van der Waals surface area contributed by atoms with Crippen LogP contribution in [-0.2, 0) is 9.53 Å². The first-order valence-corrected chi connectivity index (χ1v) is 12.4. The molecular formula is C24H46N3O2+3. The number of fused-ring (bicyclic) bond motifs is 6. The Hall–Kier alpha value is -0.650. The van der Waals surface area contributed by atoms with Gasteiger partial charge in [0, 0.05) is 6.42 Å². The van der Waals surface area contributed by atoms with E-state index in [1.165, 1.54) is 107 Å². The molecule has 0 radical (unpaired) electrons. The first-order chi connectivity index (χ1) is 13.6. The third-order valence-corrected chi connectivity index (χ3v) is 9.44. The van der Waals surface area contributed by atoms with Crippen molar-refractivity contribution in [1.82, 2.24) is 0 Å². The summed E-state index contributed by atoms with van der Waals surface area (Å²) >= 11 is 0. The summed E-state index contributed by atoms with van der Waals surface area (Å²) in [5.41, 5.74) is 0.0150. The Kier molecular flexibility index (Phi) is 5.80. The predicted octanol–water partition coefficient (Wildman–Crippen LogP) is 2.65. The maximum atomic E-state index is 12.6. The molecule has 166 valence electrons. The maximum Gasteiger partial charge on any atom is 0.362 e. The van der Waals surface area contributed by atoms with Gasteiger partial charge in [-0.05, 0) is 37.5 Å². The van der Waals surface area contributed by atoms with Crippen molar-refractivity contribution in [2.24, 2.45) is 11.3 Å². The lowest BCUT2D eigenvalue weighted by molar-refractivity contribution is -1.08. The molecule has 5 nitrogen and oxygen atoms in total. The van der Waals surface area contributed by atoms with Gasteiger partial charge in [-0.15, -0.1) is 0 Å². The van der Waals surface area contributed by atoms with E-state index in [9.17, 15) is 4.79 Å². The molecular weight excluding hydrogens is 362 g/mol. The van der Waals surface area contributed by atoms with Crippen LogP contribution in [-0.4, -0.2) is 104 Å². The fourth-order valence-corrected chi connectivity index (χ4v) is 6.42. The Labute approximate surface area is 178 Å². The van der Waals surface area contributed by atoms with Crippen LogP contribution in [0.1, 0.15) is 53.4 Å². The fraction of sp³-hybridized carbons (Fsp3) is 0.958. The Morgan fingerprint density at radius 3 is 1.76 bits per heavy atom. The molecule has 0 aromatic carbocycles. The average Bonchev–Trinajstić information content (AvgIpc) is 2.70. The van der Waals surface area contributed by atoms with Crippen LogP contribution in [0, 0.1) is 11.3 Å². The number of esters is 1. The second kappa shape index (κ2) is 7.80. The third kappa shape index (κ3) is 4.67. The molecule has 4 bridgehead atoms. The van der Waals surface area contributed by atoms with Crippen molar-refractivity contribution in [2.75, 3.05) is 78.5 Å². The lowest BCUT2D eigenvalue weighted by Gasteiger charge is -2.55. The molecule has 6 aliphatic rings. The van der Waals surface area contributed by atoms with Crippen molar-refractivity contribution in [3.63, 3.8) is 0 Å². The molecule has 6 rings (SSSR count). The van der Waals surface area contributed by atoms with Crippen LogP contribution in [0.25, 0.3) is 0 Å². The van der Waals surface area contributed by atoms with E-state index in [0.29, 0.717) is 6.54 Å². The summed E-state index contributed by atoms with van der Waals surface area (Å²) in [5, 5.41) is 0. The molecule has 1 atom stereocenters. The van der Waals surface area contributed by atoms with E-state index in [4.69, 9.17) is 4.74 Å². The average molecular weight is 409 g/mol. The van der Waals surface area contributed by atoms with Crippen molar-refractivity contribution in [3.05, 3.63) is 0 Å². The number of carbonyl (C=O) groups excluding carboxylic acids is 1.